The topological polar surface area (TPSA) is 88.8 Å². The van der Waals surface area contributed by atoms with Crippen LogP contribution in [0.25, 0.3) is 0 Å². The van der Waals surface area contributed by atoms with E-state index in [1.165, 1.54) is 13.1 Å². The number of hydrogen-bond acceptors (Lipinski definition) is 4. The Morgan fingerprint density at radius 3 is 2.47 bits per heavy atom. The molecule has 3 N–H and O–H groups in total. The minimum Gasteiger partial charge on any atom is -0.450 e. The molecule has 1 atom stereocenters. The van der Waals surface area contributed by atoms with Gasteiger partial charge in [-0.15, -0.1) is 0 Å². The van der Waals surface area contributed by atoms with E-state index in [0.29, 0.717) is 11.3 Å². The minimum absolute atomic E-state index is 0.0969. The van der Waals surface area contributed by atoms with Gasteiger partial charge in [-0.05, 0) is 20.8 Å². The summed E-state index contributed by atoms with van der Waals surface area (Å²) in [6.07, 6.45) is 0. The largest absolute Gasteiger partial charge is 0.450 e. The standard InChI is InChI=1S/C9H16N2O3S/c1-6-7(9(2,3)12)5-8(14-6)15(10,13)11-4/h5,12H,1-4H3,(H2,10,11,13). The number of rotatable bonds is 2. The highest BCUT2D eigenvalue weighted by molar-refractivity contribution is 7.91. The number of aliphatic hydroxyl groups is 1. The number of hydrogen-bond donors (Lipinski definition) is 2. The molecule has 1 unspecified atom stereocenters. The summed E-state index contributed by atoms with van der Waals surface area (Å²) in [5.41, 5.74) is -0.478. The van der Waals surface area contributed by atoms with Crippen molar-refractivity contribution in [1.29, 1.82) is 0 Å². The molecule has 0 aliphatic carbocycles. The average molecular weight is 232 g/mol. The third-order valence-corrected chi connectivity index (χ3v) is 3.43. The van der Waals surface area contributed by atoms with Crippen LogP contribution < -0.4 is 5.14 Å². The van der Waals surface area contributed by atoms with E-state index in [2.05, 4.69) is 4.36 Å². The van der Waals surface area contributed by atoms with Crippen molar-refractivity contribution >= 4 is 9.92 Å². The van der Waals surface area contributed by atoms with Crippen molar-refractivity contribution < 1.29 is 13.7 Å². The van der Waals surface area contributed by atoms with Gasteiger partial charge in [0.05, 0.1) is 5.60 Å². The lowest BCUT2D eigenvalue weighted by atomic mass is 10.00. The van der Waals surface area contributed by atoms with Crippen molar-refractivity contribution in [2.75, 3.05) is 7.05 Å². The third kappa shape index (κ3) is 2.39. The Labute approximate surface area is 89.6 Å². The Hall–Kier alpha value is -0.850. The zero-order valence-corrected chi connectivity index (χ0v) is 10.1. The molecule has 15 heavy (non-hydrogen) atoms. The summed E-state index contributed by atoms with van der Waals surface area (Å²) in [5, 5.41) is 15.3. The first-order valence-electron chi connectivity index (χ1n) is 4.45. The zero-order valence-electron chi connectivity index (χ0n) is 9.27. The molecule has 0 fully saturated rings. The highest BCUT2D eigenvalue weighted by Crippen LogP contribution is 2.28. The van der Waals surface area contributed by atoms with Gasteiger partial charge in [0.2, 0.25) is 5.09 Å². The number of aryl methyl sites for hydroxylation is 1. The maximum atomic E-state index is 11.7. The molecule has 0 aliphatic heterocycles. The maximum absolute atomic E-state index is 11.7. The second-order valence-corrected chi connectivity index (χ2v) is 5.75. The van der Waals surface area contributed by atoms with Crippen LogP contribution in [-0.4, -0.2) is 16.4 Å². The fourth-order valence-corrected chi connectivity index (χ4v) is 2.01. The molecule has 1 aromatic heterocycles. The highest BCUT2D eigenvalue weighted by Gasteiger charge is 2.24. The summed E-state index contributed by atoms with van der Waals surface area (Å²) in [6, 6.07) is 1.49. The quantitative estimate of drug-likeness (QED) is 0.801. The van der Waals surface area contributed by atoms with E-state index in [4.69, 9.17) is 9.56 Å². The summed E-state index contributed by atoms with van der Waals surface area (Å²) in [6.45, 7) is 4.92. The molecular weight excluding hydrogens is 216 g/mol. The van der Waals surface area contributed by atoms with Crippen LogP contribution in [0, 0.1) is 6.92 Å². The van der Waals surface area contributed by atoms with E-state index >= 15 is 0 Å². The summed E-state index contributed by atoms with van der Waals surface area (Å²) < 4.78 is 20.5. The van der Waals surface area contributed by atoms with Gasteiger partial charge < -0.3 is 9.52 Å². The first-order valence-corrected chi connectivity index (χ1v) is 6.02. The first kappa shape index (κ1) is 12.2. The fraction of sp³-hybridized carbons (Fsp3) is 0.556. The molecule has 5 nitrogen and oxygen atoms in total. The molecule has 0 amide bonds. The summed E-state index contributed by atoms with van der Waals surface area (Å²) in [4.78, 5) is 0. The number of furan rings is 1. The monoisotopic (exact) mass is 232 g/mol. The average Bonchev–Trinajstić information content (AvgIpc) is 2.47. The Kier molecular flexibility index (Phi) is 2.95. The van der Waals surface area contributed by atoms with Gasteiger partial charge in [-0.2, -0.15) is 0 Å². The minimum atomic E-state index is -2.96. The first-order chi connectivity index (χ1) is 6.68. The molecule has 0 spiro atoms. The predicted molar refractivity (Wildman–Crippen MR) is 57.6 cm³/mol. The summed E-state index contributed by atoms with van der Waals surface area (Å²) >= 11 is 0. The van der Waals surface area contributed by atoms with Crippen molar-refractivity contribution in [2.45, 2.75) is 31.5 Å². The van der Waals surface area contributed by atoms with Crippen molar-refractivity contribution in [1.82, 2.24) is 0 Å². The third-order valence-electron chi connectivity index (χ3n) is 2.11. The zero-order chi connectivity index (χ0) is 11.9. The van der Waals surface area contributed by atoms with E-state index in [9.17, 15) is 9.32 Å². The molecule has 1 aromatic rings. The fourth-order valence-electron chi connectivity index (χ4n) is 1.30. The van der Waals surface area contributed by atoms with Crippen LogP contribution in [-0.2, 0) is 15.5 Å². The Morgan fingerprint density at radius 2 is 2.13 bits per heavy atom. The van der Waals surface area contributed by atoms with Gasteiger partial charge in [-0.25, -0.2) is 13.7 Å². The van der Waals surface area contributed by atoms with Crippen LogP contribution in [0.3, 0.4) is 0 Å². The van der Waals surface area contributed by atoms with Crippen LogP contribution in [0.15, 0.2) is 19.9 Å². The van der Waals surface area contributed by atoms with E-state index in [0.717, 1.165) is 0 Å². The second kappa shape index (κ2) is 3.62. The highest BCUT2D eigenvalue weighted by atomic mass is 32.2. The smallest absolute Gasteiger partial charge is 0.213 e. The van der Waals surface area contributed by atoms with E-state index in [1.807, 2.05) is 0 Å². The predicted octanol–water partition coefficient (Wildman–Crippen LogP) is 1.15. The molecule has 0 bridgehead atoms. The van der Waals surface area contributed by atoms with Crippen LogP contribution in [0.5, 0.6) is 0 Å². The van der Waals surface area contributed by atoms with Gasteiger partial charge in [-0.3, -0.25) is 0 Å². The molecule has 0 saturated heterocycles. The van der Waals surface area contributed by atoms with E-state index in [1.54, 1.807) is 20.8 Å². The van der Waals surface area contributed by atoms with Gasteiger partial charge in [0.15, 0.2) is 9.92 Å². The molecule has 6 heteroatoms. The molecule has 0 saturated carbocycles. The van der Waals surface area contributed by atoms with Gasteiger partial charge in [0, 0.05) is 18.7 Å². The molecular formula is C9H16N2O3S. The lowest BCUT2D eigenvalue weighted by Gasteiger charge is -2.15. The van der Waals surface area contributed by atoms with Gasteiger partial charge in [0.25, 0.3) is 0 Å². The number of nitrogens with zero attached hydrogens (tertiary/aromatic N) is 1. The Balaban J connectivity index is 3.37. The molecule has 1 heterocycles. The van der Waals surface area contributed by atoms with Gasteiger partial charge in [0.1, 0.15) is 5.76 Å². The van der Waals surface area contributed by atoms with Gasteiger partial charge >= 0.3 is 0 Å². The van der Waals surface area contributed by atoms with Crippen LogP contribution in [0.2, 0.25) is 0 Å². The molecule has 0 radical (unpaired) electrons. The van der Waals surface area contributed by atoms with Crippen molar-refractivity contribution in [3.63, 3.8) is 0 Å². The van der Waals surface area contributed by atoms with Crippen LogP contribution in [0.4, 0.5) is 0 Å². The SMILES string of the molecule is CN=S(N)(=O)c1cc(C(C)(C)O)c(C)o1. The van der Waals surface area contributed by atoms with Crippen molar-refractivity contribution in [3.05, 3.63) is 17.4 Å². The van der Waals surface area contributed by atoms with Crippen LogP contribution >= 0.6 is 0 Å². The molecule has 86 valence electrons. The Morgan fingerprint density at radius 1 is 1.60 bits per heavy atom. The Bertz CT molecular complexity index is 476. The van der Waals surface area contributed by atoms with E-state index in [-0.39, 0.29) is 5.09 Å². The van der Waals surface area contributed by atoms with Crippen molar-refractivity contribution in [2.24, 2.45) is 9.50 Å². The summed E-state index contributed by atoms with van der Waals surface area (Å²) in [5.74, 6) is 0.499. The van der Waals surface area contributed by atoms with Gasteiger partial charge in [-0.1, -0.05) is 0 Å². The second-order valence-electron chi connectivity index (χ2n) is 3.85. The van der Waals surface area contributed by atoms with Crippen LogP contribution in [0.1, 0.15) is 25.2 Å². The molecule has 1 rings (SSSR count). The van der Waals surface area contributed by atoms with Crippen molar-refractivity contribution in [3.8, 4) is 0 Å². The lowest BCUT2D eigenvalue weighted by Crippen LogP contribution is -2.16. The molecule has 0 aromatic carbocycles. The maximum Gasteiger partial charge on any atom is 0.213 e. The lowest BCUT2D eigenvalue weighted by molar-refractivity contribution is 0.0770. The molecule has 0 aliphatic rings. The van der Waals surface area contributed by atoms with E-state index < -0.39 is 15.5 Å². The summed E-state index contributed by atoms with van der Waals surface area (Å²) in [7, 11) is -1.60. The number of nitrogens with two attached hydrogens (primary N) is 1. The normalized spacial score (nSPS) is 16.1.